The van der Waals surface area contributed by atoms with Gasteiger partial charge in [0.1, 0.15) is 6.04 Å². The van der Waals surface area contributed by atoms with E-state index in [2.05, 4.69) is 0 Å². The monoisotopic (exact) mass is 343 g/mol. The quantitative estimate of drug-likeness (QED) is 0.786. The molecule has 1 amide bonds. The summed E-state index contributed by atoms with van der Waals surface area (Å²) in [6, 6.07) is 4.58. The summed E-state index contributed by atoms with van der Waals surface area (Å²) in [6.45, 7) is 4.02. The van der Waals surface area contributed by atoms with Gasteiger partial charge in [-0.1, -0.05) is 29.3 Å². The number of carbonyl (C=O) groups excluding carboxylic acids is 2. The van der Waals surface area contributed by atoms with E-state index in [1.165, 1.54) is 0 Å². The average Bonchev–Trinajstić information content (AvgIpc) is 2.84. The average molecular weight is 344 g/mol. The molecule has 0 saturated carbocycles. The van der Waals surface area contributed by atoms with Crippen molar-refractivity contribution in [2.45, 2.75) is 45.2 Å². The van der Waals surface area contributed by atoms with Gasteiger partial charge in [0.05, 0.1) is 13.0 Å². The fourth-order valence-electron chi connectivity index (χ4n) is 2.79. The van der Waals surface area contributed by atoms with Crippen LogP contribution >= 0.6 is 23.2 Å². The van der Waals surface area contributed by atoms with E-state index >= 15 is 0 Å². The van der Waals surface area contributed by atoms with Crippen LogP contribution in [0.25, 0.3) is 0 Å². The number of hydrogen-bond acceptors (Lipinski definition) is 3. The molecule has 0 aliphatic carbocycles. The van der Waals surface area contributed by atoms with Crippen LogP contribution in [0.1, 0.15) is 32.3 Å². The van der Waals surface area contributed by atoms with Gasteiger partial charge in [-0.15, -0.1) is 0 Å². The fraction of sp³-hybridized carbons (Fsp3) is 0.500. The maximum atomic E-state index is 12.6. The Bertz CT molecular complexity index is 577. The van der Waals surface area contributed by atoms with Crippen molar-refractivity contribution in [1.82, 2.24) is 4.90 Å². The van der Waals surface area contributed by atoms with Gasteiger partial charge in [0.15, 0.2) is 0 Å². The van der Waals surface area contributed by atoms with Gasteiger partial charge in [-0.25, -0.2) is 4.79 Å². The Kier molecular flexibility index (Phi) is 5.70. The van der Waals surface area contributed by atoms with Gasteiger partial charge in [-0.05, 0) is 44.4 Å². The third-order valence-corrected chi connectivity index (χ3v) is 4.46. The third-order valence-electron chi connectivity index (χ3n) is 3.87. The summed E-state index contributed by atoms with van der Waals surface area (Å²) in [5, 5.41) is 0.987. The number of esters is 1. The van der Waals surface area contributed by atoms with Crippen LogP contribution < -0.4 is 0 Å². The summed E-state index contributed by atoms with van der Waals surface area (Å²) in [6.07, 6.45) is 1.58. The smallest absolute Gasteiger partial charge is 0.328 e. The minimum absolute atomic E-state index is 0.0213. The van der Waals surface area contributed by atoms with Crippen molar-refractivity contribution < 1.29 is 14.3 Å². The summed E-state index contributed by atoms with van der Waals surface area (Å²) in [4.78, 5) is 26.2. The van der Waals surface area contributed by atoms with Gasteiger partial charge in [0.25, 0.3) is 0 Å². The number of nitrogens with zero attached hydrogens (tertiary/aromatic N) is 1. The second kappa shape index (κ2) is 7.34. The highest BCUT2D eigenvalue weighted by molar-refractivity contribution is 6.35. The topological polar surface area (TPSA) is 46.6 Å². The van der Waals surface area contributed by atoms with E-state index in [1.807, 2.05) is 6.92 Å². The SMILES string of the molecule is CCOC(=O)C1CCC(C)N1C(=O)Cc1ccc(Cl)cc1Cl. The van der Waals surface area contributed by atoms with Gasteiger partial charge in [-0.3, -0.25) is 4.79 Å². The summed E-state index contributed by atoms with van der Waals surface area (Å²) < 4.78 is 5.07. The molecular formula is C16H19Cl2NO3. The molecule has 6 heteroatoms. The standard InChI is InChI=1S/C16H19Cl2NO3/c1-3-22-16(21)14-7-4-10(2)19(14)15(20)8-11-5-6-12(17)9-13(11)18/h5-6,9-10,14H,3-4,7-8H2,1-2H3. The molecule has 4 nitrogen and oxygen atoms in total. The minimum atomic E-state index is -0.492. The van der Waals surface area contributed by atoms with Crippen molar-refractivity contribution in [2.24, 2.45) is 0 Å². The molecule has 1 aromatic rings. The van der Waals surface area contributed by atoms with Crippen LogP contribution in [0.4, 0.5) is 0 Å². The number of carbonyl (C=O) groups is 2. The van der Waals surface area contributed by atoms with Crippen molar-refractivity contribution in [2.75, 3.05) is 6.61 Å². The van der Waals surface area contributed by atoms with E-state index in [1.54, 1.807) is 30.0 Å². The lowest BCUT2D eigenvalue weighted by molar-refractivity contribution is -0.153. The van der Waals surface area contributed by atoms with Crippen LogP contribution in [0.2, 0.25) is 10.0 Å². The van der Waals surface area contributed by atoms with Gasteiger partial charge in [0, 0.05) is 16.1 Å². The number of hydrogen-bond donors (Lipinski definition) is 0. The Labute approximate surface area is 140 Å². The third kappa shape index (κ3) is 3.73. The second-order valence-electron chi connectivity index (χ2n) is 5.41. The molecule has 0 spiro atoms. The van der Waals surface area contributed by atoms with Crippen molar-refractivity contribution in [3.05, 3.63) is 33.8 Å². The van der Waals surface area contributed by atoms with Crippen molar-refractivity contribution in [3.8, 4) is 0 Å². The lowest BCUT2D eigenvalue weighted by atomic mass is 10.1. The number of rotatable bonds is 4. The molecule has 1 aliphatic rings. The Morgan fingerprint density at radius 1 is 1.32 bits per heavy atom. The van der Waals surface area contributed by atoms with Gasteiger partial charge in [-0.2, -0.15) is 0 Å². The molecule has 1 heterocycles. The van der Waals surface area contributed by atoms with Crippen molar-refractivity contribution >= 4 is 35.1 Å². The molecule has 1 saturated heterocycles. The first-order valence-corrected chi connectivity index (χ1v) is 8.11. The Morgan fingerprint density at radius 3 is 2.68 bits per heavy atom. The van der Waals surface area contributed by atoms with Crippen LogP contribution in [0.15, 0.2) is 18.2 Å². The van der Waals surface area contributed by atoms with Crippen molar-refractivity contribution in [1.29, 1.82) is 0 Å². The molecule has 1 aliphatic heterocycles. The number of likely N-dealkylation sites (tertiary alicyclic amines) is 1. The van der Waals surface area contributed by atoms with Gasteiger partial charge < -0.3 is 9.64 Å². The lowest BCUT2D eigenvalue weighted by Crippen LogP contribution is -2.45. The molecule has 120 valence electrons. The molecule has 2 rings (SSSR count). The van der Waals surface area contributed by atoms with E-state index < -0.39 is 6.04 Å². The largest absolute Gasteiger partial charge is 0.464 e. The molecule has 22 heavy (non-hydrogen) atoms. The van der Waals surface area contributed by atoms with Gasteiger partial charge >= 0.3 is 5.97 Å². The molecule has 0 aromatic heterocycles. The highest BCUT2D eigenvalue weighted by Crippen LogP contribution is 2.27. The number of amides is 1. The Hall–Kier alpha value is -1.26. The zero-order valence-electron chi connectivity index (χ0n) is 12.6. The van der Waals surface area contributed by atoms with Gasteiger partial charge in [0.2, 0.25) is 5.91 Å². The maximum absolute atomic E-state index is 12.6. The van der Waals surface area contributed by atoms with Crippen LogP contribution in [-0.2, 0) is 20.7 Å². The Morgan fingerprint density at radius 2 is 2.05 bits per heavy atom. The van der Waals surface area contributed by atoms with E-state index in [0.29, 0.717) is 28.6 Å². The molecule has 2 atom stereocenters. The molecule has 1 aromatic carbocycles. The molecule has 2 unspecified atom stereocenters. The second-order valence-corrected chi connectivity index (χ2v) is 6.25. The highest BCUT2D eigenvalue weighted by atomic mass is 35.5. The van der Waals surface area contributed by atoms with Crippen molar-refractivity contribution in [3.63, 3.8) is 0 Å². The highest BCUT2D eigenvalue weighted by Gasteiger charge is 2.39. The molecule has 0 bridgehead atoms. The zero-order chi connectivity index (χ0) is 16.3. The van der Waals surface area contributed by atoms with Crippen LogP contribution in [0.5, 0.6) is 0 Å². The van der Waals surface area contributed by atoms with Crippen LogP contribution in [0.3, 0.4) is 0 Å². The Balaban J connectivity index is 2.13. The van der Waals surface area contributed by atoms with Crippen LogP contribution in [-0.4, -0.2) is 35.5 Å². The summed E-state index contributed by atoms with van der Waals surface area (Å²) in [5.74, 6) is -0.449. The normalized spacial score (nSPS) is 21.0. The summed E-state index contributed by atoms with van der Waals surface area (Å²) >= 11 is 12.0. The number of benzene rings is 1. The molecule has 0 radical (unpaired) electrons. The minimum Gasteiger partial charge on any atom is -0.464 e. The molecule has 1 fully saturated rings. The maximum Gasteiger partial charge on any atom is 0.328 e. The first-order valence-electron chi connectivity index (χ1n) is 7.35. The molecule has 0 N–H and O–H groups in total. The predicted octanol–water partition coefficient (Wildman–Crippen LogP) is 3.48. The van der Waals surface area contributed by atoms with E-state index in [9.17, 15) is 9.59 Å². The zero-order valence-corrected chi connectivity index (χ0v) is 14.2. The fourth-order valence-corrected chi connectivity index (χ4v) is 3.27. The summed E-state index contributed by atoms with van der Waals surface area (Å²) in [5.41, 5.74) is 0.706. The number of ether oxygens (including phenoxy) is 1. The van der Waals surface area contributed by atoms with E-state index in [-0.39, 0.29) is 24.3 Å². The van der Waals surface area contributed by atoms with Crippen LogP contribution in [0, 0.1) is 0 Å². The summed E-state index contributed by atoms with van der Waals surface area (Å²) in [7, 11) is 0. The first-order chi connectivity index (χ1) is 10.4. The molecular weight excluding hydrogens is 325 g/mol. The van der Waals surface area contributed by atoms with E-state index in [4.69, 9.17) is 27.9 Å². The first kappa shape index (κ1) is 17.1. The van der Waals surface area contributed by atoms with E-state index in [0.717, 1.165) is 6.42 Å². The predicted molar refractivity (Wildman–Crippen MR) is 86.1 cm³/mol. The number of halogens is 2. The lowest BCUT2D eigenvalue weighted by Gasteiger charge is -2.27.